The highest BCUT2D eigenvalue weighted by molar-refractivity contribution is 9.10. The second kappa shape index (κ2) is 5.85. The molecule has 0 radical (unpaired) electrons. The second-order valence-corrected chi connectivity index (χ2v) is 5.98. The van der Waals surface area contributed by atoms with Crippen molar-refractivity contribution < 1.29 is 4.39 Å². The minimum absolute atomic E-state index is 0.230. The quantitative estimate of drug-likeness (QED) is 0.773. The standard InChI is InChI=1S/C14H12Br2FN/c1-9-2-11(15)7-14(3-9)18-8-10-4-12(16)6-13(17)5-10/h2-7,18H,8H2,1H3. The first-order valence-electron chi connectivity index (χ1n) is 5.49. The second-order valence-electron chi connectivity index (χ2n) is 4.15. The fourth-order valence-electron chi connectivity index (χ4n) is 1.76. The minimum atomic E-state index is -0.230. The molecule has 1 N–H and O–H groups in total. The van der Waals surface area contributed by atoms with Gasteiger partial charge >= 0.3 is 0 Å². The van der Waals surface area contributed by atoms with Gasteiger partial charge in [0.05, 0.1) is 0 Å². The van der Waals surface area contributed by atoms with Crippen molar-refractivity contribution in [2.45, 2.75) is 13.5 Å². The molecule has 0 aromatic heterocycles. The summed E-state index contributed by atoms with van der Waals surface area (Å²) in [5.74, 6) is -0.230. The van der Waals surface area contributed by atoms with Gasteiger partial charge in [-0.05, 0) is 54.4 Å². The summed E-state index contributed by atoms with van der Waals surface area (Å²) in [6.07, 6.45) is 0. The maximum atomic E-state index is 13.2. The predicted octanol–water partition coefficient (Wildman–Crippen LogP) is 5.27. The highest BCUT2D eigenvalue weighted by atomic mass is 79.9. The normalized spacial score (nSPS) is 10.4. The summed E-state index contributed by atoms with van der Waals surface area (Å²) in [6, 6.07) is 11.0. The Hall–Kier alpha value is -0.870. The van der Waals surface area contributed by atoms with Crippen LogP contribution in [0.2, 0.25) is 0 Å². The highest BCUT2D eigenvalue weighted by Gasteiger charge is 2.00. The average molecular weight is 373 g/mol. The molecule has 4 heteroatoms. The molecule has 2 rings (SSSR count). The number of benzene rings is 2. The summed E-state index contributed by atoms with van der Waals surface area (Å²) in [6.45, 7) is 2.63. The third-order valence-electron chi connectivity index (χ3n) is 2.46. The fraction of sp³-hybridized carbons (Fsp3) is 0.143. The SMILES string of the molecule is Cc1cc(Br)cc(NCc2cc(F)cc(Br)c2)c1. The van der Waals surface area contributed by atoms with E-state index in [1.807, 2.05) is 25.1 Å². The molecule has 0 heterocycles. The lowest BCUT2D eigenvalue weighted by Crippen LogP contribution is -2.00. The predicted molar refractivity (Wildman–Crippen MR) is 80.3 cm³/mol. The van der Waals surface area contributed by atoms with Crippen LogP contribution in [0.4, 0.5) is 10.1 Å². The first-order valence-corrected chi connectivity index (χ1v) is 7.07. The van der Waals surface area contributed by atoms with Gasteiger partial charge in [-0.1, -0.05) is 31.9 Å². The van der Waals surface area contributed by atoms with Gasteiger partial charge < -0.3 is 5.32 Å². The van der Waals surface area contributed by atoms with Crippen molar-refractivity contribution in [2.24, 2.45) is 0 Å². The van der Waals surface area contributed by atoms with Gasteiger partial charge in [0.1, 0.15) is 5.82 Å². The number of rotatable bonds is 3. The van der Waals surface area contributed by atoms with E-state index in [0.717, 1.165) is 20.2 Å². The molecule has 0 aliphatic heterocycles. The monoisotopic (exact) mass is 371 g/mol. The van der Waals surface area contributed by atoms with E-state index >= 15 is 0 Å². The number of nitrogens with one attached hydrogen (secondary N) is 1. The molecule has 0 aliphatic carbocycles. The molecule has 0 bridgehead atoms. The van der Waals surface area contributed by atoms with Crippen molar-refractivity contribution in [3.63, 3.8) is 0 Å². The Bertz CT molecular complexity index is 478. The molecule has 0 atom stereocenters. The van der Waals surface area contributed by atoms with E-state index in [4.69, 9.17) is 0 Å². The Labute approximate surface area is 123 Å². The van der Waals surface area contributed by atoms with Crippen molar-refractivity contribution in [1.29, 1.82) is 0 Å². The lowest BCUT2D eigenvalue weighted by molar-refractivity contribution is 0.625. The average Bonchev–Trinajstić information content (AvgIpc) is 2.23. The Morgan fingerprint density at radius 3 is 2.39 bits per heavy atom. The Morgan fingerprint density at radius 2 is 1.72 bits per heavy atom. The van der Waals surface area contributed by atoms with Crippen LogP contribution < -0.4 is 5.32 Å². The van der Waals surface area contributed by atoms with Crippen LogP contribution in [0.15, 0.2) is 45.3 Å². The molecule has 0 saturated carbocycles. The van der Waals surface area contributed by atoms with Crippen LogP contribution in [0.5, 0.6) is 0 Å². The van der Waals surface area contributed by atoms with Crippen molar-refractivity contribution in [2.75, 3.05) is 5.32 Å². The summed E-state index contributed by atoms with van der Waals surface area (Å²) >= 11 is 6.74. The zero-order chi connectivity index (χ0) is 13.1. The lowest BCUT2D eigenvalue weighted by atomic mass is 10.2. The van der Waals surface area contributed by atoms with Crippen molar-refractivity contribution in [1.82, 2.24) is 0 Å². The summed E-state index contributed by atoms with van der Waals surface area (Å²) < 4.78 is 15.0. The summed E-state index contributed by atoms with van der Waals surface area (Å²) in [7, 11) is 0. The van der Waals surface area contributed by atoms with E-state index < -0.39 is 0 Å². The van der Waals surface area contributed by atoms with Gasteiger partial charge in [-0.2, -0.15) is 0 Å². The molecule has 94 valence electrons. The van der Waals surface area contributed by atoms with E-state index in [0.29, 0.717) is 6.54 Å². The molecule has 2 aromatic carbocycles. The molecule has 2 aromatic rings. The highest BCUT2D eigenvalue weighted by Crippen LogP contribution is 2.20. The molecule has 0 saturated heterocycles. The molecular weight excluding hydrogens is 361 g/mol. The third kappa shape index (κ3) is 3.82. The first kappa shape index (κ1) is 13.6. The Balaban J connectivity index is 2.11. The number of hydrogen-bond donors (Lipinski definition) is 1. The smallest absolute Gasteiger partial charge is 0.124 e. The molecule has 0 unspecified atom stereocenters. The fourth-order valence-corrected chi connectivity index (χ4v) is 2.88. The third-order valence-corrected chi connectivity index (χ3v) is 3.38. The molecule has 18 heavy (non-hydrogen) atoms. The van der Waals surface area contributed by atoms with Crippen LogP contribution in [0.3, 0.4) is 0 Å². The number of anilines is 1. The summed E-state index contributed by atoms with van der Waals surface area (Å²) in [5, 5.41) is 3.28. The van der Waals surface area contributed by atoms with E-state index in [-0.39, 0.29) is 5.82 Å². The molecule has 1 nitrogen and oxygen atoms in total. The van der Waals surface area contributed by atoms with E-state index in [2.05, 4.69) is 43.2 Å². The van der Waals surface area contributed by atoms with Crippen LogP contribution in [0.1, 0.15) is 11.1 Å². The van der Waals surface area contributed by atoms with Crippen LogP contribution in [-0.4, -0.2) is 0 Å². The van der Waals surface area contributed by atoms with Gasteiger partial charge in [0.15, 0.2) is 0 Å². The Morgan fingerprint density at radius 1 is 1.00 bits per heavy atom. The number of halogens is 3. The molecule has 0 aliphatic rings. The molecule has 0 fully saturated rings. The summed E-state index contributed by atoms with van der Waals surface area (Å²) in [4.78, 5) is 0. The van der Waals surface area contributed by atoms with Gasteiger partial charge in [0.25, 0.3) is 0 Å². The number of aryl methyl sites for hydroxylation is 1. The van der Waals surface area contributed by atoms with Crippen molar-refractivity contribution >= 4 is 37.5 Å². The van der Waals surface area contributed by atoms with Gasteiger partial charge in [-0.15, -0.1) is 0 Å². The Kier molecular flexibility index (Phi) is 4.40. The maximum absolute atomic E-state index is 13.2. The van der Waals surface area contributed by atoms with Gasteiger partial charge in [-0.25, -0.2) is 4.39 Å². The zero-order valence-electron chi connectivity index (χ0n) is 9.81. The first-order chi connectivity index (χ1) is 8.52. The lowest BCUT2D eigenvalue weighted by Gasteiger charge is -2.09. The van der Waals surface area contributed by atoms with E-state index in [1.165, 1.54) is 17.7 Å². The molecule has 0 spiro atoms. The van der Waals surface area contributed by atoms with Gasteiger partial charge in [-0.3, -0.25) is 0 Å². The van der Waals surface area contributed by atoms with Crippen LogP contribution in [-0.2, 0) is 6.54 Å². The van der Waals surface area contributed by atoms with Crippen LogP contribution in [0, 0.1) is 12.7 Å². The van der Waals surface area contributed by atoms with E-state index in [9.17, 15) is 4.39 Å². The largest absolute Gasteiger partial charge is 0.381 e. The maximum Gasteiger partial charge on any atom is 0.124 e. The number of hydrogen-bond acceptors (Lipinski definition) is 1. The van der Waals surface area contributed by atoms with Gasteiger partial charge in [0.2, 0.25) is 0 Å². The topological polar surface area (TPSA) is 12.0 Å². The molecular formula is C14H12Br2FN. The minimum Gasteiger partial charge on any atom is -0.381 e. The van der Waals surface area contributed by atoms with Crippen molar-refractivity contribution in [3.05, 3.63) is 62.3 Å². The van der Waals surface area contributed by atoms with Crippen LogP contribution in [0.25, 0.3) is 0 Å². The summed E-state index contributed by atoms with van der Waals surface area (Å²) in [5.41, 5.74) is 3.09. The van der Waals surface area contributed by atoms with Crippen molar-refractivity contribution in [3.8, 4) is 0 Å². The zero-order valence-corrected chi connectivity index (χ0v) is 13.0. The van der Waals surface area contributed by atoms with Gasteiger partial charge in [0, 0.05) is 21.2 Å². The van der Waals surface area contributed by atoms with Crippen LogP contribution >= 0.6 is 31.9 Å². The van der Waals surface area contributed by atoms with E-state index in [1.54, 1.807) is 0 Å². The molecule has 0 amide bonds.